The van der Waals surface area contributed by atoms with Gasteiger partial charge in [0.15, 0.2) is 0 Å². The summed E-state index contributed by atoms with van der Waals surface area (Å²) in [6.45, 7) is 4.95. The quantitative estimate of drug-likeness (QED) is 0.353. The average Bonchev–Trinajstić information content (AvgIpc) is 2.16. The number of esters is 1. The topological polar surface area (TPSA) is 26.3 Å². The van der Waals surface area contributed by atoms with E-state index in [1.165, 1.54) is 6.92 Å². The molecule has 0 aliphatic carbocycles. The molecule has 0 radical (unpaired) electrons. The van der Waals surface area contributed by atoms with Crippen LogP contribution in [0.1, 0.15) is 6.92 Å². The van der Waals surface area contributed by atoms with E-state index in [4.69, 9.17) is 27.9 Å². The van der Waals surface area contributed by atoms with E-state index in [-0.39, 0.29) is 5.57 Å². The van der Waals surface area contributed by atoms with E-state index in [0.29, 0.717) is 5.75 Å². The Balaban J connectivity index is 2.69. The zero-order chi connectivity index (χ0) is 11.5. The van der Waals surface area contributed by atoms with Crippen LogP contribution in [-0.2, 0) is 4.79 Å². The van der Waals surface area contributed by atoms with Crippen molar-refractivity contribution >= 4 is 29.2 Å². The number of carbonyl (C=O) groups is 1. The molecule has 0 saturated heterocycles. The first-order valence-corrected chi connectivity index (χ1v) is 5.01. The normalized spacial score (nSPS) is 10.9. The van der Waals surface area contributed by atoms with Crippen LogP contribution in [0.4, 0.5) is 0 Å². The van der Waals surface area contributed by atoms with Crippen molar-refractivity contribution in [3.8, 4) is 5.75 Å². The molecular formula is C11H10Cl2O2. The molecule has 4 heteroatoms. The van der Waals surface area contributed by atoms with Gasteiger partial charge in [0, 0.05) is 0 Å². The number of alkyl halides is 2. The van der Waals surface area contributed by atoms with Gasteiger partial charge in [0.2, 0.25) is 0 Å². The Labute approximate surface area is 98.4 Å². The number of hydrogen-bond donors (Lipinski definition) is 0. The summed E-state index contributed by atoms with van der Waals surface area (Å²) in [5, 5.41) is 0. The second-order valence-electron chi connectivity index (χ2n) is 3.07. The largest absolute Gasteiger partial charge is 0.423 e. The molecule has 0 spiro atoms. The summed E-state index contributed by atoms with van der Waals surface area (Å²) in [5.41, 5.74) is 0.00897. The number of benzene rings is 1. The van der Waals surface area contributed by atoms with Crippen molar-refractivity contribution in [3.05, 3.63) is 42.5 Å². The second kappa shape index (κ2) is 4.69. The first kappa shape index (κ1) is 12.1. The lowest BCUT2D eigenvalue weighted by atomic mass is 10.2. The van der Waals surface area contributed by atoms with Gasteiger partial charge in [-0.2, -0.15) is 0 Å². The van der Waals surface area contributed by atoms with Gasteiger partial charge >= 0.3 is 5.97 Å². The van der Waals surface area contributed by atoms with Crippen LogP contribution in [0.25, 0.3) is 0 Å². The van der Waals surface area contributed by atoms with Crippen LogP contribution in [0.2, 0.25) is 0 Å². The number of carbonyl (C=O) groups excluding carboxylic acids is 1. The molecule has 0 aliphatic heterocycles. The van der Waals surface area contributed by atoms with Gasteiger partial charge in [-0.15, -0.1) is 0 Å². The maximum atomic E-state index is 11.5. The van der Waals surface area contributed by atoms with Crippen molar-refractivity contribution in [1.82, 2.24) is 0 Å². The molecule has 2 nitrogen and oxygen atoms in total. The molecule has 0 saturated carbocycles. The summed E-state index contributed by atoms with van der Waals surface area (Å²) in [6, 6.07) is 8.65. The Morgan fingerprint density at radius 1 is 1.33 bits per heavy atom. The summed E-state index contributed by atoms with van der Waals surface area (Å²) in [5.74, 6) is -0.199. The Kier molecular flexibility index (Phi) is 3.77. The van der Waals surface area contributed by atoms with Crippen molar-refractivity contribution < 1.29 is 9.53 Å². The third-order valence-corrected chi connectivity index (χ3v) is 2.19. The lowest BCUT2D eigenvalue weighted by Crippen LogP contribution is -2.22. The Bertz CT molecular complexity index is 366. The average molecular weight is 245 g/mol. The first-order valence-electron chi connectivity index (χ1n) is 4.25. The Hall–Kier alpha value is -0.990. The van der Waals surface area contributed by atoms with E-state index < -0.39 is 10.3 Å². The number of para-hydroxylation sites is 1. The Morgan fingerprint density at radius 3 is 2.33 bits per heavy atom. The summed E-state index contributed by atoms with van der Waals surface area (Å²) in [4.78, 5) is 11.5. The lowest BCUT2D eigenvalue weighted by Gasteiger charge is -2.15. The number of halogens is 2. The molecular weight excluding hydrogens is 235 g/mol. The van der Waals surface area contributed by atoms with Crippen molar-refractivity contribution in [1.29, 1.82) is 0 Å². The molecule has 0 N–H and O–H groups in total. The molecule has 80 valence electrons. The van der Waals surface area contributed by atoms with Crippen LogP contribution in [0.15, 0.2) is 42.5 Å². The molecule has 0 fully saturated rings. The third kappa shape index (κ3) is 3.57. The predicted molar refractivity (Wildman–Crippen MR) is 61.3 cm³/mol. The van der Waals surface area contributed by atoms with Crippen LogP contribution < -0.4 is 4.74 Å². The maximum absolute atomic E-state index is 11.5. The fourth-order valence-corrected chi connectivity index (χ4v) is 0.991. The molecule has 1 aromatic carbocycles. The van der Waals surface area contributed by atoms with Gasteiger partial charge < -0.3 is 4.74 Å². The molecule has 15 heavy (non-hydrogen) atoms. The van der Waals surface area contributed by atoms with Crippen molar-refractivity contribution in [2.24, 2.45) is 0 Å². The number of rotatable bonds is 3. The second-order valence-corrected chi connectivity index (χ2v) is 4.77. The van der Waals surface area contributed by atoms with Crippen molar-refractivity contribution in [2.75, 3.05) is 0 Å². The zero-order valence-corrected chi connectivity index (χ0v) is 9.68. The molecule has 1 aromatic rings. The summed E-state index contributed by atoms with van der Waals surface area (Å²) >= 11 is 11.4. The number of hydrogen-bond acceptors (Lipinski definition) is 2. The predicted octanol–water partition coefficient (Wildman–Crippen LogP) is 3.34. The van der Waals surface area contributed by atoms with E-state index in [1.54, 1.807) is 24.3 Å². The molecule has 0 unspecified atom stereocenters. The Morgan fingerprint density at radius 2 is 1.87 bits per heavy atom. The van der Waals surface area contributed by atoms with Gasteiger partial charge in [-0.3, -0.25) is 0 Å². The van der Waals surface area contributed by atoms with Gasteiger partial charge in [0.1, 0.15) is 10.1 Å². The maximum Gasteiger partial charge on any atom is 0.341 e. The SMILES string of the molecule is C=C(C(=O)Oc1ccccc1)C(C)(Cl)Cl. The highest BCUT2D eigenvalue weighted by Gasteiger charge is 2.28. The molecule has 0 bridgehead atoms. The standard InChI is InChI=1S/C11H10Cl2O2/c1-8(11(2,12)13)10(14)15-9-6-4-3-5-7-9/h3-7H,1H2,2H3. The van der Waals surface area contributed by atoms with E-state index in [9.17, 15) is 4.79 Å². The summed E-state index contributed by atoms with van der Waals surface area (Å²) in [7, 11) is 0. The smallest absolute Gasteiger partial charge is 0.341 e. The third-order valence-electron chi connectivity index (χ3n) is 1.73. The van der Waals surface area contributed by atoms with Crippen LogP contribution in [-0.4, -0.2) is 10.3 Å². The van der Waals surface area contributed by atoms with Crippen LogP contribution >= 0.6 is 23.2 Å². The van der Waals surface area contributed by atoms with Crippen LogP contribution in [0, 0.1) is 0 Å². The summed E-state index contributed by atoms with van der Waals surface area (Å²) < 4.78 is 3.68. The minimum Gasteiger partial charge on any atom is -0.423 e. The van der Waals surface area contributed by atoms with Crippen molar-refractivity contribution in [3.63, 3.8) is 0 Å². The van der Waals surface area contributed by atoms with Gasteiger partial charge in [0.25, 0.3) is 0 Å². The molecule has 0 amide bonds. The van der Waals surface area contributed by atoms with E-state index in [2.05, 4.69) is 6.58 Å². The van der Waals surface area contributed by atoms with E-state index in [0.717, 1.165) is 0 Å². The zero-order valence-electron chi connectivity index (χ0n) is 8.17. The minimum absolute atomic E-state index is 0.00897. The minimum atomic E-state index is -1.31. The molecule has 0 heterocycles. The molecule has 0 aliphatic rings. The summed E-state index contributed by atoms with van der Waals surface area (Å²) in [6.07, 6.45) is 0. The van der Waals surface area contributed by atoms with Gasteiger partial charge in [-0.25, -0.2) is 4.79 Å². The van der Waals surface area contributed by atoms with Gasteiger partial charge in [0.05, 0.1) is 5.57 Å². The van der Waals surface area contributed by atoms with Gasteiger partial charge in [-0.05, 0) is 19.1 Å². The van der Waals surface area contributed by atoms with Crippen LogP contribution in [0.5, 0.6) is 5.75 Å². The number of ether oxygens (including phenoxy) is 1. The lowest BCUT2D eigenvalue weighted by molar-refractivity contribution is -0.130. The van der Waals surface area contributed by atoms with E-state index >= 15 is 0 Å². The first-order chi connectivity index (χ1) is 6.91. The monoisotopic (exact) mass is 244 g/mol. The highest BCUT2D eigenvalue weighted by atomic mass is 35.5. The highest BCUT2D eigenvalue weighted by molar-refractivity contribution is 6.51. The molecule has 0 aromatic heterocycles. The van der Waals surface area contributed by atoms with E-state index in [1.807, 2.05) is 6.07 Å². The van der Waals surface area contributed by atoms with Gasteiger partial charge in [-0.1, -0.05) is 48.0 Å². The molecule has 1 rings (SSSR count). The molecule has 0 atom stereocenters. The fraction of sp³-hybridized carbons (Fsp3) is 0.182. The fourth-order valence-electron chi connectivity index (χ4n) is 0.836. The van der Waals surface area contributed by atoms with Crippen molar-refractivity contribution in [2.45, 2.75) is 11.3 Å². The van der Waals surface area contributed by atoms with Crippen LogP contribution in [0.3, 0.4) is 0 Å². The highest BCUT2D eigenvalue weighted by Crippen LogP contribution is 2.29.